The van der Waals surface area contributed by atoms with E-state index in [-0.39, 0.29) is 12.1 Å². The van der Waals surface area contributed by atoms with Crippen molar-refractivity contribution in [1.82, 2.24) is 0 Å². The molecule has 0 N–H and O–H groups in total. The molecule has 0 aliphatic carbocycles. The Morgan fingerprint density at radius 2 is 1.59 bits per heavy atom. The van der Waals surface area contributed by atoms with Gasteiger partial charge in [0.2, 0.25) is 0 Å². The quantitative estimate of drug-likeness (QED) is 0.347. The van der Waals surface area contributed by atoms with Crippen molar-refractivity contribution in [2.75, 3.05) is 0 Å². The van der Waals surface area contributed by atoms with Crippen molar-refractivity contribution >= 4 is 17.6 Å². The van der Waals surface area contributed by atoms with Crippen LogP contribution in [-0.2, 0) is 4.74 Å². The van der Waals surface area contributed by atoms with Gasteiger partial charge in [-0.05, 0) is 43.5 Å². The lowest BCUT2D eigenvalue weighted by molar-refractivity contribution is 0.0267. The summed E-state index contributed by atoms with van der Waals surface area (Å²) in [5.74, 6) is -0.244. The molecule has 0 aliphatic heterocycles. The fraction of sp³-hybridized carbons (Fsp3) is 0.632. The number of benzene rings is 1. The number of hydrogen-bond donors (Lipinski definition) is 0. The summed E-state index contributed by atoms with van der Waals surface area (Å²) in [5, 5.41) is 0.631. The first-order valence-electron chi connectivity index (χ1n) is 8.64. The highest BCUT2D eigenvalue weighted by Crippen LogP contribution is 2.16. The first-order chi connectivity index (χ1) is 10.7. The largest absolute Gasteiger partial charge is 0.459 e. The summed E-state index contributed by atoms with van der Waals surface area (Å²) in [6, 6.07) is 6.86. The Bertz CT molecular complexity index is 414. The zero-order valence-corrected chi connectivity index (χ0v) is 14.7. The summed E-state index contributed by atoms with van der Waals surface area (Å²) >= 11 is 5.83. The van der Waals surface area contributed by atoms with Crippen LogP contribution in [0.25, 0.3) is 0 Å². The lowest BCUT2D eigenvalue weighted by Gasteiger charge is -2.16. The van der Waals surface area contributed by atoms with E-state index >= 15 is 0 Å². The van der Waals surface area contributed by atoms with Crippen LogP contribution >= 0.6 is 11.6 Å². The number of rotatable bonds is 11. The molecule has 0 saturated heterocycles. The zero-order chi connectivity index (χ0) is 16.2. The molecule has 124 valence electrons. The maximum atomic E-state index is 12.1. The van der Waals surface area contributed by atoms with Gasteiger partial charge in [-0.25, -0.2) is 4.79 Å². The van der Waals surface area contributed by atoms with Crippen molar-refractivity contribution in [2.45, 2.75) is 77.7 Å². The van der Waals surface area contributed by atoms with Gasteiger partial charge in [0, 0.05) is 5.02 Å². The smallest absolute Gasteiger partial charge is 0.338 e. The Balaban J connectivity index is 2.23. The third kappa shape index (κ3) is 7.84. The van der Waals surface area contributed by atoms with Gasteiger partial charge in [-0.15, -0.1) is 0 Å². The summed E-state index contributed by atoms with van der Waals surface area (Å²) in [4.78, 5) is 12.1. The van der Waals surface area contributed by atoms with Crippen LogP contribution in [0.5, 0.6) is 0 Å². The van der Waals surface area contributed by atoms with E-state index in [0.717, 1.165) is 19.3 Å². The van der Waals surface area contributed by atoms with Crippen molar-refractivity contribution in [1.29, 1.82) is 0 Å². The Labute approximate surface area is 140 Å². The second kappa shape index (κ2) is 11.5. The molecule has 0 heterocycles. The molecule has 0 saturated carbocycles. The third-order valence-electron chi connectivity index (χ3n) is 3.94. The summed E-state index contributed by atoms with van der Waals surface area (Å²) in [5.41, 5.74) is 0.572. The molecule has 0 spiro atoms. The lowest BCUT2D eigenvalue weighted by atomic mass is 10.1. The van der Waals surface area contributed by atoms with Gasteiger partial charge >= 0.3 is 5.97 Å². The molecule has 0 amide bonds. The van der Waals surface area contributed by atoms with Crippen molar-refractivity contribution in [3.05, 3.63) is 34.9 Å². The Morgan fingerprint density at radius 1 is 1.00 bits per heavy atom. The molecule has 0 bridgehead atoms. The maximum Gasteiger partial charge on any atom is 0.338 e. The average molecular weight is 325 g/mol. The van der Waals surface area contributed by atoms with Crippen LogP contribution in [0.1, 0.15) is 82.0 Å². The van der Waals surface area contributed by atoms with Crippen LogP contribution < -0.4 is 0 Å². The van der Waals surface area contributed by atoms with Crippen LogP contribution in [0.4, 0.5) is 0 Å². The summed E-state index contributed by atoms with van der Waals surface area (Å²) in [6.07, 6.45) is 10.8. The Morgan fingerprint density at radius 3 is 2.18 bits per heavy atom. The van der Waals surface area contributed by atoms with Gasteiger partial charge in [0.05, 0.1) is 5.56 Å². The molecule has 22 heavy (non-hydrogen) atoms. The fourth-order valence-corrected chi connectivity index (χ4v) is 2.61. The molecule has 1 aromatic carbocycles. The van der Waals surface area contributed by atoms with E-state index in [1.165, 1.54) is 38.5 Å². The van der Waals surface area contributed by atoms with Crippen molar-refractivity contribution in [3.63, 3.8) is 0 Å². The number of unbranched alkanes of at least 4 members (excludes halogenated alkanes) is 6. The molecular weight excluding hydrogens is 296 g/mol. The van der Waals surface area contributed by atoms with Gasteiger partial charge in [-0.1, -0.05) is 64.0 Å². The summed E-state index contributed by atoms with van der Waals surface area (Å²) < 4.78 is 5.59. The number of hydrogen-bond acceptors (Lipinski definition) is 2. The molecule has 1 unspecified atom stereocenters. The van der Waals surface area contributed by atoms with E-state index in [9.17, 15) is 4.79 Å². The van der Waals surface area contributed by atoms with E-state index in [4.69, 9.17) is 16.3 Å². The third-order valence-corrected chi connectivity index (χ3v) is 4.19. The Hall–Kier alpha value is -1.02. The van der Waals surface area contributed by atoms with Crippen LogP contribution in [0.3, 0.4) is 0 Å². The highest BCUT2D eigenvalue weighted by Gasteiger charge is 2.14. The standard InChI is InChI=1S/C19H29ClO2/c1-3-5-6-7-8-9-10-11-18(4-2)22-19(21)16-12-14-17(20)15-13-16/h12-15,18H,3-11H2,1-2H3. The molecule has 1 rings (SSSR count). The summed E-state index contributed by atoms with van der Waals surface area (Å²) in [7, 11) is 0. The van der Waals surface area contributed by atoms with E-state index in [1.54, 1.807) is 24.3 Å². The van der Waals surface area contributed by atoms with Crippen LogP contribution in [-0.4, -0.2) is 12.1 Å². The van der Waals surface area contributed by atoms with Gasteiger partial charge in [-0.3, -0.25) is 0 Å². The minimum absolute atomic E-state index is 0.0267. The van der Waals surface area contributed by atoms with E-state index < -0.39 is 0 Å². The normalized spacial score (nSPS) is 12.1. The highest BCUT2D eigenvalue weighted by atomic mass is 35.5. The molecule has 1 aromatic rings. The van der Waals surface area contributed by atoms with E-state index in [2.05, 4.69) is 13.8 Å². The fourth-order valence-electron chi connectivity index (χ4n) is 2.48. The highest BCUT2D eigenvalue weighted by molar-refractivity contribution is 6.30. The molecule has 3 heteroatoms. The van der Waals surface area contributed by atoms with Gasteiger partial charge < -0.3 is 4.74 Å². The maximum absolute atomic E-state index is 12.1. The Kier molecular flexibility index (Phi) is 9.98. The second-order valence-corrected chi connectivity index (χ2v) is 6.29. The van der Waals surface area contributed by atoms with Gasteiger partial charge in [0.15, 0.2) is 0 Å². The summed E-state index contributed by atoms with van der Waals surface area (Å²) in [6.45, 7) is 4.31. The molecule has 0 aliphatic rings. The van der Waals surface area contributed by atoms with Crippen molar-refractivity contribution < 1.29 is 9.53 Å². The number of esters is 1. The van der Waals surface area contributed by atoms with E-state index in [0.29, 0.717) is 10.6 Å². The predicted molar refractivity (Wildman–Crippen MR) is 93.6 cm³/mol. The SMILES string of the molecule is CCCCCCCCCC(CC)OC(=O)c1ccc(Cl)cc1. The second-order valence-electron chi connectivity index (χ2n) is 5.85. The van der Waals surface area contributed by atoms with Crippen LogP contribution in [0.2, 0.25) is 5.02 Å². The minimum atomic E-state index is -0.244. The minimum Gasteiger partial charge on any atom is -0.459 e. The predicted octanol–water partition coefficient (Wildman–Crippen LogP) is 6.42. The molecule has 0 fully saturated rings. The van der Waals surface area contributed by atoms with Crippen molar-refractivity contribution in [3.8, 4) is 0 Å². The molecule has 0 aromatic heterocycles. The molecule has 2 nitrogen and oxygen atoms in total. The molecule has 0 radical (unpaired) electrons. The van der Waals surface area contributed by atoms with Gasteiger partial charge in [0.25, 0.3) is 0 Å². The van der Waals surface area contributed by atoms with Crippen LogP contribution in [0, 0.1) is 0 Å². The monoisotopic (exact) mass is 324 g/mol. The van der Waals surface area contributed by atoms with Gasteiger partial charge in [0.1, 0.15) is 6.10 Å². The zero-order valence-electron chi connectivity index (χ0n) is 13.9. The van der Waals surface area contributed by atoms with Crippen molar-refractivity contribution in [2.24, 2.45) is 0 Å². The number of halogens is 1. The first kappa shape index (κ1) is 19.0. The van der Waals surface area contributed by atoms with Gasteiger partial charge in [-0.2, -0.15) is 0 Å². The first-order valence-corrected chi connectivity index (χ1v) is 9.01. The number of carbonyl (C=O) groups excluding carboxylic acids is 1. The lowest BCUT2D eigenvalue weighted by Crippen LogP contribution is -2.17. The molecule has 1 atom stereocenters. The van der Waals surface area contributed by atoms with E-state index in [1.807, 2.05) is 0 Å². The molecular formula is C19H29ClO2. The van der Waals surface area contributed by atoms with Crippen LogP contribution in [0.15, 0.2) is 24.3 Å². The number of carbonyl (C=O) groups is 1. The average Bonchev–Trinajstić information content (AvgIpc) is 2.53. The topological polar surface area (TPSA) is 26.3 Å². The number of ether oxygens (including phenoxy) is 1.